The lowest BCUT2D eigenvalue weighted by atomic mass is 9.86. The zero-order chi connectivity index (χ0) is 19.7. The van der Waals surface area contributed by atoms with E-state index in [4.69, 9.17) is 0 Å². The number of rotatable bonds is 5. The van der Waals surface area contributed by atoms with E-state index in [-0.39, 0.29) is 13.3 Å². The van der Waals surface area contributed by atoms with Gasteiger partial charge in [0.1, 0.15) is 0 Å². The first-order chi connectivity index (χ1) is 14.3. The third-order valence-electron chi connectivity index (χ3n) is 8.44. The molecule has 0 N–H and O–H groups in total. The van der Waals surface area contributed by atoms with Crippen molar-refractivity contribution in [2.24, 2.45) is 0 Å². The Morgan fingerprint density at radius 3 is 1.45 bits per heavy atom. The van der Waals surface area contributed by atoms with Crippen LogP contribution >= 0.6 is 7.92 Å². The topological polar surface area (TPSA) is 0 Å². The average molecular weight is 405 g/mol. The molecule has 3 aliphatic rings. The van der Waals surface area contributed by atoms with Gasteiger partial charge in [-0.25, -0.2) is 0 Å². The van der Waals surface area contributed by atoms with Gasteiger partial charge in [-0.1, -0.05) is 114 Å². The quantitative estimate of drug-likeness (QED) is 0.440. The van der Waals surface area contributed by atoms with Crippen molar-refractivity contribution >= 4 is 7.92 Å². The summed E-state index contributed by atoms with van der Waals surface area (Å²) in [7, 11) is 0.0380. The van der Waals surface area contributed by atoms with Gasteiger partial charge in [0.15, 0.2) is 0 Å². The summed E-state index contributed by atoms with van der Waals surface area (Å²) in [5.74, 6) is 0. The summed E-state index contributed by atoms with van der Waals surface area (Å²) in [4.78, 5) is 0. The molecule has 0 radical (unpaired) electrons. The Morgan fingerprint density at radius 1 is 0.621 bits per heavy atom. The molecule has 0 amide bonds. The minimum Gasteiger partial charge on any atom is -0.0930 e. The predicted octanol–water partition coefficient (Wildman–Crippen LogP) is 8.28. The van der Waals surface area contributed by atoms with Crippen molar-refractivity contribution in [3.63, 3.8) is 0 Å². The summed E-state index contributed by atoms with van der Waals surface area (Å²) in [6, 6.07) is 23.1. The second kappa shape index (κ2) is 8.19. The summed E-state index contributed by atoms with van der Waals surface area (Å²) >= 11 is 0. The van der Waals surface area contributed by atoms with Crippen molar-refractivity contribution in [3.8, 4) is 0 Å². The van der Waals surface area contributed by atoms with Gasteiger partial charge in [-0.05, 0) is 54.5 Å². The molecule has 0 bridgehead atoms. The van der Waals surface area contributed by atoms with E-state index in [1.165, 1.54) is 70.6 Å². The number of benzene rings is 2. The van der Waals surface area contributed by atoms with Crippen LogP contribution in [-0.4, -0.2) is 16.5 Å². The molecule has 3 fully saturated rings. The molecule has 0 saturated heterocycles. The van der Waals surface area contributed by atoms with Crippen LogP contribution in [0.3, 0.4) is 0 Å². The minimum atomic E-state index is 0.0380. The molecule has 29 heavy (non-hydrogen) atoms. The second-order valence-corrected chi connectivity index (χ2v) is 13.3. The third-order valence-corrected chi connectivity index (χ3v) is 12.7. The van der Waals surface area contributed by atoms with Crippen LogP contribution in [0.1, 0.15) is 88.7 Å². The van der Waals surface area contributed by atoms with E-state index in [9.17, 15) is 0 Å². The molecular weight excluding hydrogens is 367 g/mol. The highest BCUT2D eigenvalue weighted by atomic mass is 31.1. The summed E-state index contributed by atoms with van der Waals surface area (Å²) in [6.45, 7) is 2.71. The van der Waals surface area contributed by atoms with Crippen LogP contribution in [0.4, 0.5) is 0 Å². The first-order valence-corrected chi connectivity index (χ1v) is 13.6. The Balaban J connectivity index is 1.58. The van der Waals surface area contributed by atoms with Crippen molar-refractivity contribution in [1.29, 1.82) is 0 Å². The number of hydrogen-bond donors (Lipinski definition) is 0. The molecule has 1 heteroatoms. The standard InChI is InChI=1S/C28H37P/c1-27(29(25-18-10-4-11-19-25)26-20-12-5-13-21-26)22-28(27,23-14-6-2-7-15-23)24-16-8-3-9-17-24/h2-3,6-9,14-17,25-26H,4-5,10-13,18-22H2,1H3. The van der Waals surface area contributed by atoms with E-state index in [0.717, 1.165) is 11.3 Å². The van der Waals surface area contributed by atoms with Crippen LogP contribution in [0.25, 0.3) is 0 Å². The molecule has 154 valence electrons. The van der Waals surface area contributed by atoms with E-state index >= 15 is 0 Å². The largest absolute Gasteiger partial charge is 0.0930 e. The zero-order valence-corrected chi connectivity index (χ0v) is 19.0. The van der Waals surface area contributed by atoms with Gasteiger partial charge >= 0.3 is 0 Å². The van der Waals surface area contributed by atoms with Crippen LogP contribution in [0.15, 0.2) is 60.7 Å². The van der Waals surface area contributed by atoms with Gasteiger partial charge in [-0.2, -0.15) is 0 Å². The van der Waals surface area contributed by atoms with Crippen molar-refractivity contribution < 1.29 is 0 Å². The smallest absolute Gasteiger partial charge is 0.0305 e. The van der Waals surface area contributed by atoms with E-state index in [2.05, 4.69) is 67.6 Å². The Hall–Kier alpha value is -1.13. The van der Waals surface area contributed by atoms with E-state index in [1.807, 2.05) is 0 Å². The summed E-state index contributed by atoms with van der Waals surface area (Å²) in [5.41, 5.74) is 5.43. The third kappa shape index (κ3) is 3.40. The van der Waals surface area contributed by atoms with E-state index in [0.29, 0.717) is 5.16 Å². The Kier molecular flexibility index (Phi) is 5.59. The SMILES string of the molecule is CC1(P(C2CCCCC2)C2CCCCC2)CC1(c1ccccc1)c1ccccc1. The highest BCUT2D eigenvalue weighted by Crippen LogP contribution is 2.81. The lowest BCUT2D eigenvalue weighted by Crippen LogP contribution is -2.31. The van der Waals surface area contributed by atoms with Gasteiger partial charge < -0.3 is 0 Å². The molecule has 2 aromatic carbocycles. The Labute approximate surface area is 179 Å². The van der Waals surface area contributed by atoms with Crippen LogP contribution in [-0.2, 0) is 5.41 Å². The first-order valence-electron chi connectivity index (χ1n) is 12.2. The van der Waals surface area contributed by atoms with E-state index < -0.39 is 0 Å². The molecule has 3 saturated carbocycles. The van der Waals surface area contributed by atoms with Gasteiger partial charge in [-0.15, -0.1) is 0 Å². The lowest BCUT2D eigenvalue weighted by molar-refractivity contribution is 0.479. The zero-order valence-electron chi connectivity index (χ0n) is 18.2. The molecule has 0 aromatic heterocycles. The Morgan fingerprint density at radius 2 is 1.03 bits per heavy atom. The van der Waals surface area contributed by atoms with Gasteiger partial charge in [-0.3, -0.25) is 0 Å². The van der Waals surface area contributed by atoms with Gasteiger partial charge in [0.25, 0.3) is 0 Å². The van der Waals surface area contributed by atoms with Gasteiger partial charge in [0.2, 0.25) is 0 Å². The minimum absolute atomic E-state index is 0.0380. The van der Waals surface area contributed by atoms with Crippen molar-refractivity contribution in [3.05, 3.63) is 71.8 Å². The predicted molar refractivity (Wildman–Crippen MR) is 127 cm³/mol. The maximum absolute atomic E-state index is 2.71. The van der Waals surface area contributed by atoms with Crippen LogP contribution in [0.2, 0.25) is 0 Å². The normalized spacial score (nSPS) is 27.8. The molecule has 5 rings (SSSR count). The van der Waals surface area contributed by atoms with Crippen molar-refractivity contribution in [2.45, 2.75) is 99.4 Å². The molecular formula is C28H37P. The van der Waals surface area contributed by atoms with E-state index in [1.54, 1.807) is 11.1 Å². The second-order valence-electron chi connectivity index (χ2n) is 10.1. The fourth-order valence-corrected chi connectivity index (χ4v) is 12.2. The maximum atomic E-state index is 2.71. The molecule has 0 heterocycles. The van der Waals surface area contributed by atoms with Crippen LogP contribution in [0.5, 0.6) is 0 Å². The summed E-state index contributed by atoms with van der Waals surface area (Å²) in [5, 5.41) is 0.467. The van der Waals surface area contributed by atoms with Crippen LogP contribution in [0, 0.1) is 0 Å². The van der Waals surface area contributed by atoms with Crippen molar-refractivity contribution in [2.75, 3.05) is 0 Å². The van der Waals surface area contributed by atoms with Gasteiger partial charge in [0.05, 0.1) is 0 Å². The molecule has 1 unspecified atom stereocenters. The summed E-state index contributed by atoms with van der Waals surface area (Å²) in [6.07, 6.45) is 16.3. The average Bonchev–Trinajstić information content (AvgIpc) is 3.44. The fourth-order valence-electron chi connectivity index (χ4n) is 7.04. The molecule has 0 aliphatic heterocycles. The monoisotopic (exact) mass is 404 g/mol. The molecule has 3 aliphatic carbocycles. The highest BCUT2D eigenvalue weighted by Gasteiger charge is 2.70. The maximum Gasteiger partial charge on any atom is 0.0305 e. The Bertz CT molecular complexity index is 728. The highest BCUT2D eigenvalue weighted by molar-refractivity contribution is 7.61. The van der Waals surface area contributed by atoms with Crippen molar-refractivity contribution in [1.82, 2.24) is 0 Å². The fraction of sp³-hybridized carbons (Fsp3) is 0.571. The first kappa shape index (κ1) is 19.8. The molecule has 1 atom stereocenters. The van der Waals surface area contributed by atoms with Crippen LogP contribution < -0.4 is 0 Å². The van der Waals surface area contributed by atoms with Gasteiger partial charge in [0, 0.05) is 10.6 Å². The number of hydrogen-bond acceptors (Lipinski definition) is 0. The lowest BCUT2D eigenvalue weighted by Gasteiger charge is -2.45. The molecule has 0 nitrogen and oxygen atoms in total. The molecule has 0 spiro atoms. The molecule has 2 aromatic rings. The summed E-state index contributed by atoms with van der Waals surface area (Å²) < 4.78 is 0.